The summed E-state index contributed by atoms with van der Waals surface area (Å²) in [5, 5.41) is 35.0. The predicted octanol–water partition coefficient (Wildman–Crippen LogP) is 5.68. The second-order valence-corrected chi connectivity index (χ2v) is 13.3. The smallest absolute Gasteiger partial charge is 0.303 e. The van der Waals surface area contributed by atoms with E-state index in [-0.39, 0.29) is 42.9 Å². The Morgan fingerprint density at radius 3 is 2.37 bits per heavy atom. The Labute approximate surface area is 299 Å². The quantitative estimate of drug-likeness (QED) is 0.108. The first kappa shape index (κ1) is 35.7. The van der Waals surface area contributed by atoms with Crippen LogP contribution in [0.1, 0.15) is 55.4 Å². The molecule has 6 rings (SSSR count). The number of phenols is 1. The molecule has 1 aliphatic rings. The van der Waals surface area contributed by atoms with Gasteiger partial charge in [-0.1, -0.05) is 91.5 Å². The Bertz CT molecular complexity index is 1940. The van der Waals surface area contributed by atoms with Gasteiger partial charge in [-0.2, -0.15) is 4.68 Å². The minimum absolute atomic E-state index is 0.0443. The lowest BCUT2D eigenvalue weighted by molar-refractivity contribution is -0.268. The van der Waals surface area contributed by atoms with Gasteiger partial charge in [0, 0.05) is 30.7 Å². The van der Waals surface area contributed by atoms with Gasteiger partial charge >= 0.3 is 5.97 Å². The van der Waals surface area contributed by atoms with Crippen molar-refractivity contribution in [2.24, 2.45) is 5.92 Å². The maximum absolute atomic E-state index is 12.5. The summed E-state index contributed by atoms with van der Waals surface area (Å²) in [5.74, 6) is -0.236. The Morgan fingerprint density at radius 2 is 1.67 bits per heavy atom. The van der Waals surface area contributed by atoms with Gasteiger partial charge in [-0.25, -0.2) is 0 Å². The van der Waals surface area contributed by atoms with Crippen molar-refractivity contribution in [3.63, 3.8) is 0 Å². The van der Waals surface area contributed by atoms with Crippen molar-refractivity contribution in [3.8, 4) is 22.6 Å². The van der Waals surface area contributed by atoms with Gasteiger partial charge in [-0.05, 0) is 69.4 Å². The van der Waals surface area contributed by atoms with Gasteiger partial charge in [0.2, 0.25) is 5.16 Å². The Kier molecular flexibility index (Phi) is 11.4. The molecule has 1 fully saturated rings. The van der Waals surface area contributed by atoms with E-state index in [1.54, 1.807) is 28.9 Å². The first-order valence-corrected chi connectivity index (χ1v) is 17.5. The molecular formula is C38H39N5O7S. The maximum atomic E-state index is 12.5. The van der Waals surface area contributed by atoms with E-state index in [1.807, 2.05) is 72.8 Å². The third-order valence-electron chi connectivity index (χ3n) is 8.71. The molecule has 1 aromatic heterocycles. The summed E-state index contributed by atoms with van der Waals surface area (Å²) in [5.41, 5.74) is 6.17. The first-order chi connectivity index (χ1) is 24.7. The molecule has 264 valence electrons. The van der Waals surface area contributed by atoms with Crippen LogP contribution in [0.5, 0.6) is 5.75 Å². The van der Waals surface area contributed by atoms with Gasteiger partial charge in [-0.15, -0.1) is 5.10 Å². The highest BCUT2D eigenvalue weighted by molar-refractivity contribution is 7.99. The fourth-order valence-corrected chi connectivity index (χ4v) is 6.95. The van der Waals surface area contributed by atoms with Crippen LogP contribution in [0.4, 0.5) is 0 Å². The summed E-state index contributed by atoms with van der Waals surface area (Å²) in [4.78, 5) is 23.8. The lowest BCUT2D eigenvalue weighted by Crippen LogP contribution is -2.38. The van der Waals surface area contributed by atoms with Crippen molar-refractivity contribution in [2.75, 3.05) is 5.75 Å². The summed E-state index contributed by atoms with van der Waals surface area (Å²) < 4.78 is 19.9. The van der Waals surface area contributed by atoms with Crippen LogP contribution in [0, 0.1) is 5.92 Å². The molecule has 5 aromatic rings. The van der Waals surface area contributed by atoms with E-state index in [0.717, 1.165) is 39.1 Å². The minimum atomic E-state index is -0.889. The van der Waals surface area contributed by atoms with Crippen LogP contribution in [0.2, 0.25) is 0 Å². The number of amides is 1. The largest absolute Gasteiger partial charge is 0.508 e. The van der Waals surface area contributed by atoms with E-state index in [0.29, 0.717) is 10.9 Å². The van der Waals surface area contributed by atoms with Gasteiger partial charge in [-0.3, -0.25) is 9.59 Å². The molecule has 13 heteroatoms. The molecule has 0 saturated carbocycles. The molecule has 1 aliphatic heterocycles. The fraction of sp³-hybridized carbons (Fsp3) is 0.289. The summed E-state index contributed by atoms with van der Waals surface area (Å²) in [6, 6.07) is 30.2. The number of ether oxygens (including phenoxy) is 3. The van der Waals surface area contributed by atoms with E-state index in [2.05, 4.69) is 27.8 Å². The van der Waals surface area contributed by atoms with Crippen molar-refractivity contribution in [2.45, 2.75) is 63.7 Å². The van der Waals surface area contributed by atoms with E-state index in [9.17, 15) is 19.8 Å². The number of carbonyl (C=O) groups is 2. The molecule has 4 aromatic carbocycles. The predicted molar refractivity (Wildman–Crippen MR) is 189 cm³/mol. The van der Waals surface area contributed by atoms with Crippen molar-refractivity contribution < 1.29 is 34.0 Å². The number of hydrogen-bond acceptors (Lipinski definition) is 11. The highest BCUT2D eigenvalue weighted by Gasteiger charge is 2.38. The minimum Gasteiger partial charge on any atom is -0.508 e. The zero-order chi connectivity index (χ0) is 35.9. The maximum Gasteiger partial charge on any atom is 0.303 e. The van der Waals surface area contributed by atoms with Crippen LogP contribution < -0.4 is 5.32 Å². The number of aliphatic hydroxyl groups excluding tert-OH is 1. The number of nitrogens with zero attached hydrogens (tertiary/aromatic N) is 4. The number of benzene rings is 4. The number of carbonyl (C=O) groups excluding carboxylic acids is 2. The zero-order valence-electron chi connectivity index (χ0n) is 28.4. The molecule has 51 heavy (non-hydrogen) atoms. The third kappa shape index (κ3) is 8.63. The number of hydrogen-bond donors (Lipinski definition) is 3. The van der Waals surface area contributed by atoms with E-state index < -0.39 is 18.4 Å². The van der Waals surface area contributed by atoms with Crippen molar-refractivity contribution in [3.05, 3.63) is 119 Å². The molecule has 0 radical (unpaired) electrons. The second-order valence-electron chi connectivity index (χ2n) is 12.3. The number of nitrogens with one attached hydrogen (secondary N) is 1. The zero-order valence-corrected chi connectivity index (χ0v) is 29.2. The van der Waals surface area contributed by atoms with E-state index >= 15 is 0 Å². The lowest BCUT2D eigenvalue weighted by Gasteiger charge is -2.41. The SMILES string of the molecule is CC(=O)O[C@@H](C)C(=O)NCc1ccccc1-c1ccc([C@H]2O[C@@H](CSc3nnnn3-c3ccc(O)cc3)[C@@H](C)[C@@H](c3ccc(CO)cc3)O2)cc1. The number of esters is 1. The van der Waals surface area contributed by atoms with Crippen LogP contribution in [0.25, 0.3) is 16.8 Å². The summed E-state index contributed by atoms with van der Waals surface area (Å²) in [6.07, 6.45) is -2.11. The topological polar surface area (TPSA) is 158 Å². The average molecular weight is 710 g/mol. The number of phenolic OH excluding ortho intramolecular Hbond substituents is 1. The molecule has 1 saturated heterocycles. The number of thioether (sulfide) groups is 1. The van der Waals surface area contributed by atoms with Crippen LogP contribution in [-0.4, -0.2) is 60.3 Å². The Hall–Kier alpha value is -5.08. The Balaban J connectivity index is 1.21. The Morgan fingerprint density at radius 1 is 0.961 bits per heavy atom. The van der Waals surface area contributed by atoms with E-state index in [4.69, 9.17) is 14.2 Å². The third-order valence-corrected chi connectivity index (χ3v) is 9.72. The van der Waals surface area contributed by atoms with Crippen LogP contribution in [-0.2, 0) is 37.0 Å². The highest BCUT2D eigenvalue weighted by Crippen LogP contribution is 2.43. The molecule has 5 atom stereocenters. The summed E-state index contributed by atoms with van der Waals surface area (Å²) >= 11 is 1.47. The molecule has 12 nitrogen and oxygen atoms in total. The van der Waals surface area contributed by atoms with Crippen LogP contribution in [0.3, 0.4) is 0 Å². The number of rotatable bonds is 12. The van der Waals surface area contributed by atoms with E-state index in [1.165, 1.54) is 25.6 Å². The fourth-order valence-electron chi connectivity index (χ4n) is 5.90. The van der Waals surface area contributed by atoms with Crippen molar-refractivity contribution in [1.29, 1.82) is 0 Å². The van der Waals surface area contributed by atoms with Crippen molar-refractivity contribution in [1.82, 2.24) is 25.5 Å². The number of aliphatic hydroxyl groups is 1. The number of tetrazole rings is 1. The summed E-state index contributed by atoms with van der Waals surface area (Å²) in [6.45, 7) is 5.13. The van der Waals surface area contributed by atoms with Crippen LogP contribution in [0.15, 0.2) is 102 Å². The van der Waals surface area contributed by atoms with Gasteiger partial charge in [0.1, 0.15) is 5.75 Å². The molecule has 0 bridgehead atoms. The normalized spacial score (nSPS) is 19.3. The molecule has 0 unspecified atom stereocenters. The van der Waals surface area contributed by atoms with Crippen molar-refractivity contribution >= 4 is 23.6 Å². The standard InChI is InChI=1S/C38H39N5O7S/c1-23-34(22-51-38-40-41-42-43(38)31-16-18-32(46)19-17-31)49-37(50-35(23)28-10-8-26(21-44)9-11-28)29-14-12-27(13-15-29)33-7-5-4-6-30(33)20-39-36(47)24(2)48-25(3)45/h4-19,23-24,34-35,37,44,46H,20-22H2,1-3H3,(H,39,47)/t23-,24+,34+,35+,37+/m1/s1. The molecule has 0 spiro atoms. The van der Waals surface area contributed by atoms with Gasteiger partial charge in [0.05, 0.1) is 24.5 Å². The molecular weight excluding hydrogens is 671 g/mol. The summed E-state index contributed by atoms with van der Waals surface area (Å²) in [7, 11) is 0. The second kappa shape index (κ2) is 16.3. The molecule has 2 heterocycles. The lowest BCUT2D eigenvalue weighted by atomic mass is 9.91. The van der Waals surface area contributed by atoms with Gasteiger partial charge in [0.15, 0.2) is 12.4 Å². The number of aromatic hydroxyl groups is 1. The van der Waals surface area contributed by atoms with Crippen LogP contribution >= 0.6 is 11.8 Å². The highest BCUT2D eigenvalue weighted by atomic mass is 32.2. The first-order valence-electron chi connectivity index (χ1n) is 16.5. The number of aromatic nitrogens is 4. The van der Waals surface area contributed by atoms with Gasteiger partial charge < -0.3 is 29.7 Å². The molecule has 1 amide bonds. The average Bonchev–Trinajstić information content (AvgIpc) is 3.62. The monoisotopic (exact) mass is 709 g/mol. The molecule has 0 aliphatic carbocycles. The molecule has 3 N–H and O–H groups in total. The van der Waals surface area contributed by atoms with Gasteiger partial charge in [0.25, 0.3) is 5.91 Å².